The van der Waals surface area contributed by atoms with E-state index in [0.29, 0.717) is 11.8 Å². The maximum absolute atomic E-state index is 2.48. The highest BCUT2D eigenvalue weighted by atomic mass is 15.4. The Morgan fingerprint density at radius 3 is 2.14 bits per heavy atom. The molecule has 2 aliphatic heterocycles. The van der Waals surface area contributed by atoms with Crippen molar-refractivity contribution in [1.82, 2.24) is 9.80 Å². The monoisotopic (exact) mass is 475 g/mol. The van der Waals surface area contributed by atoms with Gasteiger partial charge in [0.25, 0.3) is 0 Å². The lowest BCUT2D eigenvalue weighted by Crippen LogP contribution is -2.33. The summed E-state index contributed by atoms with van der Waals surface area (Å²) in [6.45, 7) is 9.21. The van der Waals surface area contributed by atoms with Crippen molar-refractivity contribution in [3.63, 3.8) is 0 Å². The summed E-state index contributed by atoms with van der Waals surface area (Å²) >= 11 is 0. The van der Waals surface area contributed by atoms with Crippen LogP contribution in [0.1, 0.15) is 62.6 Å². The molecule has 0 spiro atoms. The number of nitrogens with zero attached hydrogens (tertiary/aromatic N) is 3. The smallest absolute Gasteiger partial charge is 0.127 e. The number of rotatable bonds is 5. The molecular weight excluding hydrogens is 438 g/mol. The summed E-state index contributed by atoms with van der Waals surface area (Å²) in [5.41, 5.74) is 9.15. The third kappa shape index (κ3) is 4.13. The van der Waals surface area contributed by atoms with E-state index in [1.165, 1.54) is 50.9 Å². The van der Waals surface area contributed by atoms with Crippen molar-refractivity contribution < 1.29 is 0 Å². The second-order valence-corrected chi connectivity index (χ2v) is 10.5. The van der Waals surface area contributed by atoms with Gasteiger partial charge in [-0.15, -0.1) is 0 Å². The fourth-order valence-corrected chi connectivity index (χ4v) is 5.40. The standard InChI is InChI=1S/C33H37N3/c1-23(2)27-19-13-20-28(24(3)4)32(27)35-22-26-16-12-21-31(34(5)6)36(26)33(35)30-18-11-10-17-29(30)25-14-8-7-9-15-25/h7-17,19-24H,18H2,1-6H3. The molecule has 2 aromatic rings. The minimum atomic E-state index is 0.413. The Bertz CT molecular complexity index is 1300. The quantitative estimate of drug-likeness (QED) is 0.432. The van der Waals surface area contributed by atoms with Crippen LogP contribution in [-0.4, -0.2) is 23.9 Å². The second kappa shape index (κ2) is 9.73. The first kappa shape index (κ1) is 24.0. The van der Waals surface area contributed by atoms with E-state index in [9.17, 15) is 0 Å². The van der Waals surface area contributed by atoms with Gasteiger partial charge in [-0.2, -0.15) is 0 Å². The Balaban J connectivity index is 1.82. The first-order valence-electron chi connectivity index (χ1n) is 13.0. The lowest BCUT2D eigenvalue weighted by Gasteiger charge is -2.37. The van der Waals surface area contributed by atoms with E-state index in [4.69, 9.17) is 0 Å². The van der Waals surface area contributed by atoms with Crippen LogP contribution in [-0.2, 0) is 0 Å². The van der Waals surface area contributed by atoms with Crippen LogP contribution in [0.2, 0.25) is 0 Å². The average Bonchev–Trinajstić information content (AvgIpc) is 3.27. The summed E-state index contributed by atoms with van der Waals surface area (Å²) in [5.74, 6) is 3.22. The average molecular weight is 476 g/mol. The number of benzene rings is 2. The fraction of sp³-hybridized carbons (Fsp3) is 0.273. The van der Waals surface area contributed by atoms with Gasteiger partial charge in [0.1, 0.15) is 11.6 Å². The van der Waals surface area contributed by atoms with Crippen LogP contribution < -0.4 is 4.90 Å². The van der Waals surface area contributed by atoms with Crippen LogP contribution in [0.25, 0.3) is 5.57 Å². The SMILES string of the molecule is CC(C)c1cccc(C(C)C)c1N1C=C2C=CC=C(N(C)C)N2C1=C1CC=CC=C1c1ccccc1. The number of hydrogen-bond acceptors (Lipinski definition) is 3. The molecule has 0 aromatic heterocycles. The zero-order valence-electron chi connectivity index (χ0n) is 22.4. The topological polar surface area (TPSA) is 9.72 Å². The van der Waals surface area contributed by atoms with Gasteiger partial charge >= 0.3 is 0 Å². The van der Waals surface area contributed by atoms with E-state index in [0.717, 1.165) is 6.42 Å². The molecule has 1 aliphatic carbocycles. The minimum absolute atomic E-state index is 0.413. The number of para-hydroxylation sites is 1. The van der Waals surface area contributed by atoms with Crippen molar-refractivity contribution >= 4 is 11.3 Å². The molecule has 0 fully saturated rings. The Hall–Kier alpha value is -3.72. The zero-order chi connectivity index (χ0) is 25.4. The Labute approximate surface area is 216 Å². The molecule has 2 heterocycles. The zero-order valence-corrected chi connectivity index (χ0v) is 22.4. The molecular formula is C33H37N3. The summed E-state index contributed by atoms with van der Waals surface area (Å²) in [6, 6.07) is 17.6. The first-order valence-corrected chi connectivity index (χ1v) is 13.0. The van der Waals surface area contributed by atoms with Crippen LogP contribution >= 0.6 is 0 Å². The van der Waals surface area contributed by atoms with Crippen LogP contribution in [0.3, 0.4) is 0 Å². The number of allylic oxidation sites excluding steroid dienone is 8. The number of hydrogen-bond donors (Lipinski definition) is 0. The highest BCUT2D eigenvalue weighted by molar-refractivity contribution is 5.85. The maximum atomic E-state index is 2.48. The van der Waals surface area contributed by atoms with E-state index in [2.05, 4.69) is 148 Å². The van der Waals surface area contributed by atoms with Crippen molar-refractivity contribution in [2.75, 3.05) is 19.0 Å². The predicted molar refractivity (Wildman–Crippen MR) is 153 cm³/mol. The highest BCUT2D eigenvalue weighted by Gasteiger charge is 2.37. The van der Waals surface area contributed by atoms with E-state index < -0.39 is 0 Å². The van der Waals surface area contributed by atoms with Crippen molar-refractivity contribution in [2.24, 2.45) is 0 Å². The summed E-state index contributed by atoms with van der Waals surface area (Å²) < 4.78 is 0. The molecule has 0 saturated heterocycles. The molecule has 2 aromatic carbocycles. The van der Waals surface area contributed by atoms with Gasteiger partial charge in [-0.3, -0.25) is 9.80 Å². The van der Waals surface area contributed by atoms with Crippen molar-refractivity contribution in [3.05, 3.63) is 131 Å². The van der Waals surface area contributed by atoms with E-state index in [1.807, 2.05) is 0 Å². The molecule has 0 radical (unpaired) electrons. The fourth-order valence-electron chi connectivity index (χ4n) is 5.40. The van der Waals surface area contributed by atoms with Crippen molar-refractivity contribution in [1.29, 1.82) is 0 Å². The third-order valence-corrected chi connectivity index (χ3v) is 7.14. The molecule has 0 bridgehead atoms. The van der Waals surface area contributed by atoms with Crippen LogP contribution in [0.5, 0.6) is 0 Å². The van der Waals surface area contributed by atoms with Crippen molar-refractivity contribution in [2.45, 2.75) is 46.0 Å². The normalized spacial score (nSPS) is 19.1. The maximum Gasteiger partial charge on any atom is 0.127 e. The lowest BCUT2D eigenvalue weighted by molar-refractivity contribution is 0.362. The molecule has 0 saturated carbocycles. The van der Waals surface area contributed by atoms with E-state index >= 15 is 0 Å². The van der Waals surface area contributed by atoms with Gasteiger partial charge in [0.15, 0.2) is 0 Å². The molecule has 0 amide bonds. The van der Waals surface area contributed by atoms with Gasteiger partial charge in [0.2, 0.25) is 0 Å². The summed E-state index contributed by atoms with van der Waals surface area (Å²) in [6.07, 6.45) is 16.6. The minimum Gasteiger partial charge on any atom is -0.364 e. The number of fused-ring (bicyclic) bond motifs is 1. The largest absolute Gasteiger partial charge is 0.364 e. The first-order chi connectivity index (χ1) is 17.4. The summed E-state index contributed by atoms with van der Waals surface area (Å²) in [7, 11) is 4.26. The van der Waals surface area contributed by atoms with Gasteiger partial charge in [-0.05, 0) is 52.7 Å². The van der Waals surface area contributed by atoms with Gasteiger partial charge in [0.05, 0.1) is 11.4 Å². The summed E-state index contributed by atoms with van der Waals surface area (Å²) in [5, 5.41) is 0. The Kier molecular flexibility index (Phi) is 6.49. The van der Waals surface area contributed by atoms with E-state index in [-0.39, 0.29) is 0 Å². The van der Waals surface area contributed by atoms with Crippen molar-refractivity contribution in [3.8, 4) is 0 Å². The van der Waals surface area contributed by atoms with Gasteiger partial charge in [-0.25, -0.2) is 0 Å². The Morgan fingerprint density at radius 2 is 1.50 bits per heavy atom. The Morgan fingerprint density at radius 1 is 0.806 bits per heavy atom. The predicted octanol–water partition coefficient (Wildman–Crippen LogP) is 8.12. The van der Waals surface area contributed by atoms with Crippen LogP contribution in [0.15, 0.2) is 114 Å². The van der Waals surface area contributed by atoms with Crippen LogP contribution in [0.4, 0.5) is 5.69 Å². The van der Waals surface area contributed by atoms with Crippen LogP contribution in [0, 0.1) is 0 Å². The summed E-state index contributed by atoms with van der Waals surface area (Å²) in [4.78, 5) is 7.13. The molecule has 184 valence electrons. The molecule has 3 aliphatic rings. The molecule has 3 heteroatoms. The third-order valence-electron chi connectivity index (χ3n) is 7.14. The molecule has 0 unspecified atom stereocenters. The molecule has 3 nitrogen and oxygen atoms in total. The van der Waals surface area contributed by atoms with Gasteiger partial charge in [0, 0.05) is 25.9 Å². The number of anilines is 1. The second-order valence-electron chi connectivity index (χ2n) is 10.5. The van der Waals surface area contributed by atoms with Gasteiger partial charge in [-0.1, -0.05) is 101 Å². The molecule has 5 rings (SSSR count). The highest BCUT2D eigenvalue weighted by Crippen LogP contribution is 2.47. The molecule has 0 atom stereocenters. The molecule has 0 N–H and O–H groups in total. The van der Waals surface area contributed by atoms with E-state index in [1.54, 1.807) is 0 Å². The molecule has 36 heavy (non-hydrogen) atoms. The lowest BCUT2D eigenvalue weighted by atomic mass is 9.89. The van der Waals surface area contributed by atoms with Gasteiger partial charge < -0.3 is 4.90 Å².